The number of hydrogen-bond donors (Lipinski definition) is 1. The van der Waals surface area contributed by atoms with Crippen LogP contribution >= 0.6 is 0 Å². The van der Waals surface area contributed by atoms with Crippen LogP contribution in [0.1, 0.15) is 72.8 Å². The normalized spacial score (nSPS) is 22.6. The van der Waals surface area contributed by atoms with E-state index in [0.717, 1.165) is 18.6 Å². The van der Waals surface area contributed by atoms with Crippen LogP contribution in [0.4, 0.5) is 5.69 Å². The molecule has 2 heterocycles. The van der Waals surface area contributed by atoms with E-state index in [-0.39, 0.29) is 17.7 Å². The van der Waals surface area contributed by atoms with Crippen LogP contribution in [0.25, 0.3) is 0 Å². The van der Waals surface area contributed by atoms with Gasteiger partial charge in [-0.15, -0.1) is 0 Å². The van der Waals surface area contributed by atoms with E-state index in [0.29, 0.717) is 0 Å². The molecule has 2 aromatic rings. The first-order valence-electron chi connectivity index (χ1n) is 9.27. The van der Waals surface area contributed by atoms with Crippen molar-refractivity contribution in [3.63, 3.8) is 0 Å². The number of anilines is 1. The molecule has 1 aliphatic carbocycles. The van der Waals surface area contributed by atoms with Crippen molar-refractivity contribution in [2.24, 2.45) is 0 Å². The van der Waals surface area contributed by atoms with Gasteiger partial charge in [0.05, 0.1) is 12.8 Å². The average molecular weight is 335 g/mol. The highest BCUT2D eigenvalue weighted by atomic mass is 16.5. The molecule has 25 heavy (non-hydrogen) atoms. The Hall–Kier alpha value is -2.00. The molecule has 0 amide bonds. The maximum Gasteiger partial charge on any atom is 0.148 e. The summed E-state index contributed by atoms with van der Waals surface area (Å²) in [6.45, 7) is 6.62. The first-order valence-corrected chi connectivity index (χ1v) is 9.27. The molecule has 0 saturated heterocycles. The zero-order chi connectivity index (χ0) is 17.3. The van der Waals surface area contributed by atoms with Crippen molar-refractivity contribution in [1.82, 2.24) is 0 Å². The van der Waals surface area contributed by atoms with Crippen LogP contribution in [0.3, 0.4) is 0 Å². The SMILES string of the molecule is COc1c(NC(C)(C)C)c2c(c3c1C1OC3c3ccccc31)CCC2. The third-order valence-electron chi connectivity index (χ3n) is 5.67. The summed E-state index contributed by atoms with van der Waals surface area (Å²) < 4.78 is 12.4. The molecular formula is C22H25NO2. The van der Waals surface area contributed by atoms with Crippen LogP contribution in [0, 0.1) is 0 Å². The fraction of sp³-hybridized carbons (Fsp3) is 0.455. The Labute approximate surface area is 149 Å². The molecule has 2 aromatic carbocycles. The Morgan fingerprint density at radius 2 is 1.64 bits per heavy atom. The summed E-state index contributed by atoms with van der Waals surface area (Å²) in [4.78, 5) is 0. The van der Waals surface area contributed by atoms with Gasteiger partial charge in [-0.25, -0.2) is 0 Å². The number of methoxy groups -OCH3 is 1. The fourth-order valence-corrected chi connectivity index (χ4v) is 4.87. The topological polar surface area (TPSA) is 30.5 Å². The van der Waals surface area contributed by atoms with E-state index in [1.54, 1.807) is 7.11 Å². The van der Waals surface area contributed by atoms with E-state index in [9.17, 15) is 0 Å². The molecule has 0 fully saturated rings. The van der Waals surface area contributed by atoms with Gasteiger partial charge in [0.2, 0.25) is 0 Å². The van der Waals surface area contributed by atoms with Gasteiger partial charge in [-0.1, -0.05) is 24.3 Å². The van der Waals surface area contributed by atoms with Gasteiger partial charge in [0.15, 0.2) is 0 Å². The van der Waals surface area contributed by atoms with Gasteiger partial charge in [0, 0.05) is 11.1 Å². The highest BCUT2D eigenvalue weighted by molar-refractivity contribution is 5.76. The van der Waals surface area contributed by atoms with E-state index >= 15 is 0 Å². The number of ether oxygens (including phenoxy) is 2. The van der Waals surface area contributed by atoms with Crippen LogP contribution in [-0.4, -0.2) is 12.6 Å². The zero-order valence-corrected chi connectivity index (χ0v) is 15.4. The largest absolute Gasteiger partial charge is 0.494 e. The van der Waals surface area contributed by atoms with Crippen molar-refractivity contribution in [2.75, 3.05) is 12.4 Å². The lowest BCUT2D eigenvalue weighted by Crippen LogP contribution is -2.27. The van der Waals surface area contributed by atoms with Gasteiger partial charge in [0.1, 0.15) is 18.0 Å². The van der Waals surface area contributed by atoms with Crippen LogP contribution in [0.5, 0.6) is 5.75 Å². The molecule has 2 aliphatic heterocycles. The van der Waals surface area contributed by atoms with Gasteiger partial charge in [-0.3, -0.25) is 0 Å². The second-order valence-corrected chi connectivity index (χ2v) is 8.45. The van der Waals surface area contributed by atoms with Crippen LogP contribution in [0.2, 0.25) is 0 Å². The highest BCUT2D eigenvalue weighted by Gasteiger charge is 2.48. The van der Waals surface area contributed by atoms with E-state index < -0.39 is 0 Å². The minimum Gasteiger partial charge on any atom is -0.494 e. The monoisotopic (exact) mass is 335 g/mol. The molecule has 2 bridgehead atoms. The molecule has 3 nitrogen and oxygen atoms in total. The average Bonchev–Trinajstić information content (AvgIpc) is 3.27. The Morgan fingerprint density at radius 3 is 2.28 bits per heavy atom. The molecule has 0 spiro atoms. The molecule has 2 unspecified atom stereocenters. The van der Waals surface area contributed by atoms with Crippen LogP contribution in [-0.2, 0) is 17.6 Å². The first-order chi connectivity index (χ1) is 12.0. The maximum atomic E-state index is 6.46. The first kappa shape index (κ1) is 15.3. The lowest BCUT2D eigenvalue weighted by atomic mass is 9.81. The molecule has 0 saturated carbocycles. The number of fused-ring (bicyclic) bond motifs is 10. The smallest absolute Gasteiger partial charge is 0.148 e. The Balaban J connectivity index is 1.78. The molecule has 130 valence electrons. The molecule has 5 rings (SSSR count). The van der Waals surface area contributed by atoms with Gasteiger partial charge < -0.3 is 14.8 Å². The van der Waals surface area contributed by atoms with Gasteiger partial charge >= 0.3 is 0 Å². The Bertz CT molecular complexity index is 879. The minimum absolute atomic E-state index is 0.00569. The minimum atomic E-state index is -0.00569. The molecule has 0 radical (unpaired) electrons. The van der Waals surface area contributed by atoms with Gasteiger partial charge in [-0.05, 0) is 67.9 Å². The third-order valence-corrected chi connectivity index (χ3v) is 5.67. The predicted molar refractivity (Wildman–Crippen MR) is 99.6 cm³/mol. The molecule has 3 heteroatoms. The van der Waals surface area contributed by atoms with Crippen molar-refractivity contribution in [2.45, 2.75) is 57.8 Å². The molecule has 2 atom stereocenters. The van der Waals surface area contributed by atoms with E-state index in [1.165, 1.54) is 45.5 Å². The van der Waals surface area contributed by atoms with E-state index in [2.05, 4.69) is 50.4 Å². The summed E-state index contributed by atoms with van der Waals surface area (Å²) in [5.74, 6) is 0.993. The van der Waals surface area contributed by atoms with Crippen LogP contribution in [0.15, 0.2) is 24.3 Å². The molecule has 1 N–H and O–H groups in total. The zero-order valence-electron chi connectivity index (χ0n) is 15.4. The van der Waals surface area contributed by atoms with E-state index in [1.807, 2.05) is 0 Å². The van der Waals surface area contributed by atoms with Gasteiger partial charge in [-0.2, -0.15) is 0 Å². The number of nitrogens with one attached hydrogen (secondary N) is 1. The summed E-state index contributed by atoms with van der Waals surface area (Å²) in [6.07, 6.45) is 3.58. The van der Waals surface area contributed by atoms with Crippen LogP contribution < -0.4 is 10.1 Å². The lowest BCUT2D eigenvalue weighted by Gasteiger charge is -2.29. The fourth-order valence-electron chi connectivity index (χ4n) is 4.87. The number of rotatable bonds is 2. The summed E-state index contributed by atoms with van der Waals surface area (Å²) in [7, 11) is 1.79. The second-order valence-electron chi connectivity index (χ2n) is 8.45. The van der Waals surface area contributed by atoms with E-state index in [4.69, 9.17) is 9.47 Å². The number of benzene rings is 2. The van der Waals surface area contributed by atoms with Crippen molar-refractivity contribution in [3.8, 4) is 5.75 Å². The Kier molecular flexibility index (Phi) is 3.06. The van der Waals surface area contributed by atoms with Gasteiger partial charge in [0.25, 0.3) is 0 Å². The molecular weight excluding hydrogens is 310 g/mol. The molecule has 3 aliphatic rings. The summed E-state index contributed by atoms with van der Waals surface area (Å²) in [5.41, 5.74) is 9.43. The summed E-state index contributed by atoms with van der Waals surface area (Å²) in [5, 5.41) is 3.73. The second kappa shape index (κ2) is 5.01. The van der Waals surface area contributed by atoms with Crippen molar-refractivity contribution >= 4 is 5.69 Å². The highest BCUT2D eigenvalue weighted by Crippen LogP contribution is 2.61. The summed E-state index contributed by atoms with van der Waals surface area (Å²) in [6, 6.07) is 8.65. The third kappa shape index (κ3) is 2.02. The lowest BCUT2D eigenvalue weighted by molar-refractivity contribution is 0.0846. The summed E-state index contributed by atoms with van der Waals surface area (Å²) >= 11 is 0. The van der Waals surface area contributed by atoms with Crippen molar-refractivity contribution in [3.05, 3.63) is 57.6 Å². The maximum absolute atomic E-state index is 6.46. The van der Waals surface area contributed by atoms with Crippen molar-refractivity contribution in [1.29, 1.82) is 0 Å². The standard InChI is InChI=1S/C22H25NO2/c1-22(2,3)23-18-13-11-7-10-12(13)16-17(21(18)24-4)20-15-9-6-5-8-14(15)19(16)25-20/h5-6,8-9,19-20,23H,7,10-11H2,1-4H3. The Morgan fingerprint density at radius 1 is 1.00 bits per heavy atom. The number of hydrogen-bond acceptors (Lipinski definition) is 3. The van der Waals surface area contributed by atoms with Crippen molar-refractivity contribution < 1.29 is 9.47 Å². The molecule has 0 aromatic heterocycles. The quantitative estimate of drug-likeness (QED) is 0.845. The predicted octanol–water partition coefficient (Wildman–Crippen LogP) is 4.92.